The Morgan fingerprint density at radius 2 is 1.83 bits per heavy atom. The van der Waals surface area contributed by atoms with E-state index in [9.17, 15) is 31.4 Å². The van der Waals surface area contributed by atoms with Crippen LogP contribution in [-0.2, 0) is 6.18 Å². The number of halogens is 6. The Bertz CT molecular complexity index is 649. The number of rotatable bonds is 2. The average Bonchev–Trinajstić information content (AvgIpc) is 2.85. The average molecular weight is 352 g/mol. The summed E-state index contributed by atoms with van der Waals surface area (Å²) in [6, 6.07) is 2.35. The van der Waals surface area contributed by atoms with Gasteiger partial charge in [-0.25, -0.2) is 0 Å². The second-order valence-electron chi connectivity index (χ2n) is 5.73. The fraction of sp³-hybridized carbons (Fsp3) is 0.533. The van der Waals surface area contributed by atoms with Crippen molar-refractivity contribution in [1.82, 2.24) is 0 Å². The Morgan fingerprint density at radius 3 is 2.33 bits per heavy atom. The predicted molar refractivity (Wildman–Crippen MR) is 73.2 cm³/mol. The molecule has 1 aromatic carbocycles. The predicted octanol–water partition coefficient (Wildman–Crippen LogP) is 3.86. The first kappa shape index (κ1) is 18.4. The number of alkyl halides is 6. The molecule has 3 atom stereocenters. The maximum absolute atomic E-state index is 13.0. The lowest BCUT2D eigenvalue weighted by Gasteiger charge is -2.34. The van der Waals surface area contributed by atoms with Crippen LogP contribution < -0.4 is 4.90 Å². The lowest BCUT2D eigenvalue weighted by molar-refractivity contribution is -0.209. The molecule has 0 amide bonds. The van der Waals surface area contributed by atoms with E-state index in [1.165, 1.54) is 12.1 Å². The van der Waals surface area contributed by atoms with E-state index in [4.69, 9.17) is 5.26 Å². The number of aliphatic hydroxyl groups excluding tert-OH is 1. The standard InChI is InChI=1S/C15H14F6N2O/c1-8-2-5-12(13(24)15(19,20)21)23(8)10-4-3-9(7-22)11(6-10)14(16,17)18/h3-4,6,8,12-13,24H,2,5H2,1H3/t8-,12-,13+/m1/s1. The summed E-state index contributed by atoms with van der Waals surface area (Å²) in [5.74, 6) is 0. The van der Waals surface area contributed by atoms with Crippen molar-refractivity contribution in [2.75, 3.05) is 4.90 Å². The SMILES string of the molecule is C[C@@H]1CC[C@H]([C@H](O)C(F)(F)F)N1c1ccc(C#N)c(C(F)(F)F)c1. The fourth-order valence-electron chi connectivity index (χ4n) is 3.02. The summed E-state index contributed by atoms with van der Waals surface area (Å²) < 4.78 is 77.6. The number of anilines is 1. The molecule has 0 aromatic heterocycles. The van der Waals surface area contributed by atoms with E-state index in [1.807, 2.05) is 0 Å². The number of hydrogen-bond acceptors (Lipinski definition) is 3. The maximum Gasteiger partial charge on any atom is 0.417 e. The van der Waals surface area contributed by atoms with Crippen LogP contribution in [0.2, 0.25) is 0 Å². The van der Waals surface area contributed by atoms with Crippen molar-refractivity contribution in [3.8, 4) is 6.07 Å². The van der Waals surface area contributed by atoms with E-state index in [0.29, 0.717) is 12.5 Å². The van der Waals surface area contributed by atoms with Gasteiger partial charge in [-0.1, -0.05) is 0 Å². The van der Waals surface area contributed by atoms with Gasteiger partial charge >= 0.3 is 12.4 Å². The Hall–Kier alpha value is -1.95. The summed E-state index contributed by atoms with van der Waals surface area (Å²) in [5, 5.41) is 18.3. The fourth-order valence-corrected chi connectivity index (χ4v) is 3.02. The molecule has 3 nitrogen and oxygen atoms in total. The topological polar surface area (TPSA) is 47.3 Å². The number of nitrogens with zero attached hydrogens (tertiary/aromatic N) is 2. The van der Waals surface area contributed by atoms with Crippen molar-refractivity contribution in [3.63, 3.8) is 0 Å². The molecule has 0 saturated carbocycles. The molecule has 1 heterocycles. The normalized spacial score (nSPS) is 23.2. The first-order chi connectivity index (χ1) is 11.0. The van der Waals surface area contributed by atoms with Crippen LogP contribution in [0.15, 0.2) is 18.2 Å². The highest BCUT2D eigenvalue weighted by molar-refractivity contribution is 5.57. The molecule has 1 aliphatic heterocycles. The van der Waals surface area contributed by atoms with Gasteiger partial charge in [0.2, 0.25) is 0 Å². The van der Waals surface area contributed by atoms with Crippen LogP contribution in [-0.4, -0.2) is 29.5 Å². The van der Waals surface area contributed by atoms with Crippen LogP contribution in [0.3, 0.4) is 0 Å². The third-order valence-electron chi connectivity index (χ3n) is 4.14. The molecule has 0 aliphatic carbocycles. The maximum atomic E-state index is 13.0. The Kier molecular flexibility index (Phi) is 4.72. The molecule has 0 spiro atoms. The van der Waals surface area contributed by atoms with Crippen molar-refractivity contribution in [2.24, 2.45) is 0 Å². The second kappa shape index (κ2) is 6.16. The molecular formula is C15H14F6N2O. The van der Waals surface area contributed by atoms with Gasteiger partial charge in [0, 0.05) is 11.7 Å². The molecule has 1 fully saturated rings. The molecule has 0 unspecified atom stereocenters. The van der Waals surface area contributed by atoms with Crippen LogP contribution in [0.4, 0.5) is 32.0 Å². The summed E-state index contributed by atoms with van der Waals surface area (Å²) in [6.45, 7) is 1.58. The summed E-state index contributed by atoms with van der Waals surface area (Å²) in [4.78, 5) is 1.15. The van der Waals surface area contributed by atoms with Crippen molar-refractivity contribution >= 4 is 5.69 Å². The first-order valence-electron chi connectivity index (χ1n) is 7.11. The van der Waals surface area contributed by atoms with E-state index in [-0.39, 0.29) is 12.1 Å². The van der Waals surface area contributed by atoms with Gasteiger partial charge in [0.25, 0.3) is 0 Å². The Morgan fingerprint density at radius 1 is 1.21 bits per heavy atom. The van der Waals surface area contributed by atoms with Crippen molar-refractivity contribution in [3.05, 3.63) is 29.3 Å². The molecule has 1 N–H and O–H groups in total. The highest BCUT2D eigenvalue weighted by atomic mass is 19.4. The van der Waals surface area contributed by atoms with Crippen molar-refractivity contribution in [2.45, 2.75) is 50.3 Å². The van der Waals surface area contributed by atoms with Crippen LogP contribution in [0.5, 0.6) is 0 Å². The highest BCUT2D eigenvalue weighted by Crippen LogP contribution is 2.40. The molecule has 1 aromatic rings. The number of nitriles is 1. The van der Waals surface area contributed by atoms with Gasteiger partial charge < -0.3 is 10.0 Å². The zero-order valence-corrected chi connectivity index (χ0v) is 12.5. The van der Waals surface area contributed by atoms with Crippen LogP contribution >= 0.6 is 0 Å². The van der Waals surface area contributed by atoms with Gasteiger partial charge in [-0.3, -0.25) is 0 Å². The minimum Gasteiger partial charge on any atom is -0.382 e. The lowest BCUT2D eigenvalue weighted by Crippen LogP contribution is -2.48. The smallest absolute Gasteiger partial charge is 0.382 e. The third kappa shape index (κ3) is 3.43. The van der Waals surface area contributed by atoms with E-state index in [0.717, 1.165) is 11.0 Å². The van der Waals surface area contributed by atoms with Gasteiger partial charge in [0.05, 0.1) is 23.2 Å². The molecule has 1 saturated heterocycles. The van der Waals surface area contributed by atoms with E-state index < -0.39 is 41.7 Å². The molecule has 0 bridgehead atoms. The Balaban J connectivity index is 2.47. The van der Waals surface area contributed by atoms with Gasteiger partial charge in [-0.2, -0.15) is 31.6 Å². The first-order valence-corrected chi connectivity index (χ1v) is 7.11. The molecule has 2 rings (SSSR count). The van der Waals surface area contributed by atoms with Gasteiger partial charge in [0.15, 0.2) is 6.10 Å². The van der Waals surface area contributed by atoms with E-state index in [1.54, 1.807) is 6.92 Å². The molecule has 132 valence electrons. The summed E-state index contributed by atoms with van der Waals surface area (Å²) in [5.41, 5.74) is -1.91. The van der Waals surface area contributed by atoms with Gasteiger partial charge in [-0.05, 0) is 38.0 Å². The molecule has 1 aliphatic rings. The van der Waals surface area contributed by atoms with Crippen LogP contribution in [0.25, 0.3) is 0 Å². The third-order valence-corrected chi connectivity index (χ3v) is 4.14. The summed E-state index contributed by atoms with van der Waals surface area (Å²) in [6.07, 6.45) is -12.0. The lowest BCUT2D eigenvalue weighted by atomic mass is 10.0. The number of benzene rings is 1. The second-order valence-corrected chi connectivity index (χ2v) is 5.73. The van der Waals surface area contributed by atoms with Crippen LogP contribution in [0.1, 0.15) is 30.9 Å². The highest BCUT2D eigenvalue weighted by Gasteiger charge is 2.49. The quantitative estimate of drug-likeness (QED) is 0.823. The molecular weight excluding hydrogens is 338 g/mol. The molecule has 9 heteroatoms. The van der Waals surface area contributed by atoms with Gasteiger partial charge in [-0.15, -0.1) is 0 Å². The minimum absolute atomic E-state index is 0.00317. The molecule has 24 heavy (non-hydrogen) atoms. The number of aliphatic hydroxyl groups is 1. The zero-order valence-electron chi connectivity index (χ0n) is 12.5. The minimum atomic E-state index is -4.87. The van der Waals surface area contributed by atoms with Gasteiger partial charge in [0.1, 0.15) is 0 Å². The Labute approximate surface area is 134 Å². The monoisotopic (exact) mass is 352 g/mol. The van der Waals surface area contributed by atoms with Crippen molar-refractivity contribution in [1.29, 1.82) is 5.26 Å². The zero-order chi connectivity index (χ0) is 18.3. The summed E-state index contributed by atoms with van der Waals surface area (Å²) in [7, 11) is 0. The van der Waals surface area contributed by atoms with Crippen molar-refractivity contribution < 1.29 is 31.4 Å². The van der Waals surface area contributed by atoms with E-state index in [2.05, 4.69) is 0 Å². The summed E-state index contributed by atoms with van der Waals surface area (Å²) >= 11 is 0. The molecule has 0 radical (unpaired) electrons. The van der Waals surface area contributed by atoms with Crippen LogP contribution in [0, 0.1) is 11.3 Å². The largest absolute Gasteiger partial charge is 0.417 e. The van der Waals surface area contributed by atoms with E-state index >= 15 is 0 Å². The number of hydrogen-bond donors (Lipinski definition) is 1.